The van der Waals surface area contributed by atoms with Crippen molar-refractivity contribution in [3.8, 4) is 5.75 Å². The van der Waals surface area contributed by atoms with Gasteiger partial charge in [-0.3, -0.25) is 0 Å². The van der Waals surface area contributed by atoms with E-state index in [4.69, 9.17) is 16.3 Å². The van der Waals surface area contributed by atoms with Crippen molar-refractivity contribution in [2.45, 2.75) is 11.4 Å². The summed E-state index contributed by atoms with van der Waals surface area (Å²) in [6, 6.07) is 4.35. The Morgan fingerprint density at radius 3 is 2.75 bits per heavy atom. The highest BCUT2D eigenvalue weighted by atomic mass is 35.5. The van der Waals surface area contributed by atoms with Gasteiger partial charge in [0.15, 0.2) is 0 Å². The van der Waals surface area contributed by atoms with Gasteiger partial charge in [0, 0.05) is 19.4 Å². The SMILES string of the molecule is COc1ccc(S(=O)(=O)N(C)Cc2ncc[nH]2)cc1Cl. The van der Waals surface area contributed by atoms with Gasteiger partial charge in [0.25, 0.3) is 0 Å². The number of benzene rings is 1. The molecular formula is C12H14ClN3O3S. The van der Waals surface area contributed by atoms with E-state index >= 15 is 0 Å². The molecule has 1 aromatic heterocycles. The van der Waals surface area contributed by atoms with Gasteiger partial charge < -0.3 is 9.72 Å². The zero-order chi connectivity index (χ0) is 14.8. The number of rotatable bonds is 5. The molecule has 0 bridgehead atoms. The van der Waals surface area contributed by atoms with E-state index in [0.717, 1.165) is 0 Å². The van der Waals surface area contributed by atoms with Crippen molar-refractivity contribution < 1.29 is 13.2 Å². The van der Waals surface area contributed by atoms with Crippen molar-refractivity contribution in [2.24, 2.45) is 0 Å². The molecule has 0 saturated heterocycles. The van der Waals surface area contributed by atoms with Crippen molar-refractivity contribution in [3.63, 3.8) is 0 Å². The fourth-order valence-electron chi connectivity index (χ4n) is 1.67. The molecule has 0 unspecified atom stereocenters. The summed E-state index contributed by atoms with van der Waals surface area (Å²) in [5.74, 6) is 0.995. The molecule has 6 nitrogen and oxygen atoms in total. The molecule has 0 saturated carbocycles. The third-order valence-electron chi connectivity index (χ3n) is 2.76. The number of aromatic amines is 1. The summed E-state index contributed by atoms with van der Waals surface area (Å²) in [5, 5.41) is 0.250. The van der Waals surface area contributed by atoms with E-state index in [0.29, 0.717) is 11.6 Å². The average Bonchev–Trinajstić information content (AvgIpc) is 2.91. The third-order valence-corrected chi connectivity index (χ3v) is 4.85. The lowest BCUT2D eigenvalue weighted by atomic mass is 10.3. The molecule has 0 spiro atoms. The first-order valence-electron chi connectivity index (χ1n) is 5.73. The van der Waals surface area contributed by atoms with E-state index in [1.165, 1.54) is 36.7 Å². The van der Waals surface area contributed by atoms with Crippen LogP contribution in [0.3, 0.4) is 0 Å². The number of hydrogen-bond acceptors (Lipinski definition) is 4. The van der Waals surface area contributed by atoms with Gasteiger partial charge in [-0.2, -0.15) is 4.31 Å². The second-order valence-electron chi connectivity index (χ2n) is 4.09. The third kappa shape index (κ3) is 2.95. The molecule has 0 atom stereocenters. The molecule has 0 radical (unpaired) electrons. The summed E-state index contributed by atoms with van der Waals surface area (Å²) in [7, 11) is -0.676. The van der Waals surface area contributed by atoms with Gasteiger partial charge in [0.1, 0.15) is 11.6 Å². The van der Waals surface area contributed by atoms with E-state index in [1.807, 2.05) is 0 Å². The molecule has 2 rings (SSSR count). The summed E-state index contributed by atoms with van der Waals surface area (Å²) in [6.07, 6.45) is 3.21. The topological polar surface area (TPSA) is 75.3 Å². The summed E-state index contributed by atoms with van der Waals surface area (Å²) >= 11 is 5.96. The highest BCUT2D eigenvalue weighted by molar-refractivity contribution is 7.89. The van der Waals surface area contributed by atoms with Crippen LogP contribution in [0.4, 0.5) is 0 Å². The van der Waals surface area contributed by atoms with Gasteiger partial charge in [0.05, 0.1) is 23.6 Å². The molecule has 0 amide bonds. The number of imidazole rings is 1. The highest BCUT2D eigenvalue weighted by Gasteiger charge is 2.22. The smallest absolute Gasteiger partial charge is 0.243 e. The Kier molecular flexibility index (Phi) is 4.32. The molecule has 0 aliphatic heterocycles. The first kappa shape index (κ1) is 14.8. The van der Waals surface area contributed by atoms with Crippen molar-refractivity contribution in [1.82, 2.24) is 14.3 Å². The van der Waals surface area contributed by atoms with Crippen molar-refractivity contribution in [3.05, 3.63) is 41.4 Å². The number of methoxy groups -OCH3 is 1. The summed E-state index contributed by atoms with van der Waals surface area (Å²) in [5.41, 5.74) is 0. The van der Waals surface area contributed by atoms with Gasteiger partial charge in [-0.1, -0.05) is 11.6 Å². The molecule has 0 fully saturated rings. The van der Waals surface area contributed by atoms with Crippen LogP contribution < -0.4 is 4.74 Å². The van der Waals surface area contributed by atoms with E-state index in [-0.39, 0.29) is 16.5 Å². The molecule has 2 aromatic rings. The lowest BCUT2D eigenvalue weighted by Crippen LogP contribution is -2.27. The van der Waals surface area contributed by atoms with E-state index in [9.17, 15) is 8.42 Å². The van der Waals surface area contributed by atoms with Crippen LogP contribution in [0.2, 0.25) is 5.02 Å². The number of halogens is 1. The highest BCUT2D eigenvalue weighted by Crippen LogP contribution is 2.28. The second-order valence-corrected chi connectivity index (χ2v) is 6.55. The monoisotopic (exact) mass is 315 g/mol. The lowest BCUT2D eigenvalue weighted by molar-refractivity contribution is 0.414. The Morgan fingerprint density at radius 2 is 2.20 bits per heavy atom. The molecule has 1 heterocycles. The van der Waals surface area contributed by atoms with Crippen LogP contribution in [0.1, 0.15) is 5.82 Å². The van der Waals surface area contributed by atoms with Crippen LogP contribution in [0.15, 0.2) is 35.5 Å². The predicted molar refractivity (Wildman–Crippen MR) is 75.2 cm³/mol. The molecule has 8 heteroatoms. The quantitative estimate of drug-likeness (QED) is 0.914. The van der Waals surface area contributed by atoms with E-state index in [1.54, 1.807) is 12.4 Å². The number of sulfonamides is 1. The van der Waals surface area contributed by atoms with E-state index < -0.39 is 10.0 Å². The molecule has 1 N–H and O–H groups in total. The normalized spacial score (nSPS) is 11.8. The molecule has 0 aliphatic carbocycles. The minimum Gasteiger partial charge on any atom is -0.495 e. The van der Waals surface area contributed by atoms with Crippen LogP contribution >= 0.6 is 11.6 Å². The van der Waals surface area contributed by atoms with E-state index in [2.05, 4.69) is 9.97 Å². The minimum atomic E-state index is -3.63. The molecule has 0 aliphatic rings. The Balaban J connectivity index is 2.27. The maximum atomic E-state index is 12.4. The fourth-order valence-corrected chi connectivity index (χ4v) is 3.15. The van der Waals surface area contributed by atoms with Gasteiger partial charge in [-0.15, -0.1) is 0 Å². The minimum absolute atomic E-state index is 0.109. The maximum Gasteiger partial charge on any atom is 0.243 e. The van der Waals surface area contributed by atoms with Gasteiger partial charge >= 0.3 is 0 Å². The summed E-state index contributed by atoms with van der Waals surface area (Å²) < 4.78 is 31.0. The number of hydrogen-bond donors (Lipinski definition) is 1. The fraction of sp³-hybridized carbons (Fsp3) is 0.250. The first-order chi connectivity index (χ1) is 9.45. The Labute approximate surface area is 122 Å². The number of H-pyrrole nitrogens is 1. The Morgan fingerprint density at radius 1 is 1.45 bits per heavy atom. The molecule has 1 aromatic carbocycles. The van der Waals surface area contributed by atoms with Crippen LogP contribution in [0, 0.1) is 0 Å². The zero-order valence-corrected chi connectivity index (χ0v) is 12.6. The number of ether oxygens (including phenoxy) is 1. The maximum absolute atomic E-state index is 12.4. The van der Waals surface area contributed by atoms with Crippen LogP contribution in [0.25, 0.3) is 0 Å². The van der Waals surface area contributed by atoms with Crippen LogP contribution in [-0.2, 0) is 16.6 Å². The molecule has 108 valence electrons. The van der Waals surface area contributed by atoms with Gasteiger partial charge in [-0.25, -0.2) is 13.4 Å². The molecular weight excluding hydrogens is 302 g/mol. The summed E-state index contributed by atoms with van der Waals surface area (Å²) in [4.78, 5) is 6.97. The number of nitrogens with one attached hydrogen (secondary N) is 1. The first-order valence-corrected chi connectivity index (χ1v) is 7.55. The van der Waals surface area contributed by atoms with Crippen molar-refractivity contribution >= 4 is 21.6 Å². The molecule has 20 heavy (non-hydrogen) atoms. The largest absolute Gasteiger partial charge is 0.495 e. The predicted octanol–water partition coefficient (Wildman–Crippen LogP) is 1.89. The Bertz CT molecular complexity index is 686. The average molecular weight is 316 g/mol. The zero-order valence-electron chi connectivity index (χ0n) is 11.0. The van der Waals surface area contributed by atoms with Crippen LogP contribution in [0.5, 0.6) is 5.75 Å². The number of nitrogens with zero attached hydrogens (tertiary/aromatic N) is 2. The standard InChI is InChI=1S/C12H14ClN3O3S/c1-16(8-12-14-5-6-15-12)20(17,18)9-3-4-11(19-2)10(13)7-9/h3-7H,8H2,1-2H3,(H,14,15). The van der Waals surface area contributed by atoms with Crippen molar-refractivity contribution in [2.75, 3.05) is 14.2 Å². The second kappa shape index (κ2) is 5.82. The number of aromatic nitrogens is 2. The van der Waals surface area contributed by atoms with Crippen LogP contribution in [-0.4, -0.2) is 36.8 Å². The van der Waals surface area contributed by atoms with Crippen molar-refractivity contribution in [1.29, 1.82) is 0 Å². The Hall–Kier alpha value is -1.57. The lowest BCUT2D eigenvalue weighted by Gasteiger charge is -2.16. The summed E-state index contributed by atoms with van der Waals surface area (Å²) in [6.45, 7) is 0.152. The van der Waals surface area contributed by atoms with Gasteiger partial charge in [0.2, 0.25) is 10.0 Å². The van der Waals surface area contributed by atoms with Gasteiger partial charge in [-0.05, 0) is 18.2 Å².